The first-order valence-electron chi connectivity index (χ1n) is 6.83. The molecule has 2 rings (SSSR count). The number of carbonyl (C=O) groups is 1. The van der Waals surface area contributed by atoms with E-state index in [4.69, 9.17) is 0 Å². The zero-order valence-electron chi connectivity index (χ0n) is 10.9. The fourth-order valence-corrected chi connectivity index (χ4v) is 3.24. The van der Waals surface area contributed by atoms with Gasteiger partial charge in [-0.3, -0.25) is 4.79 Å². The molecular formula is C16H22O. The highest BCUT2D eigenvalue weighted by Crippen LogP contribution is 2.37. The highest BCUT2D eigenvalue weighted by Gasteiger charge is 2.22. The molecule has 0 bridgehead atoms. The third-order valence-electron chi connectivity index (χ3n) is 4.11. The van der Waals surface area contributed by atoms with Crippen LogP contribution >= 0.6 is 0 Å². The number of benzene rings is 1. The Hall–Kier alpha value is -1.11. The normalized spacial score (nSPS) is 24.6. The molecule has 2 unspecified atom stereocenters. The second-order valence-electron chi connectivity index (χ2n) is 5.36. The largest absolute Gasteiger partial charge is 0.298 e. The molecule has 1 heteroatoms. The van der Waals surface area contributed by atoms with E-state index in [1.165, 1.54) is 36.8 Å². The first kappa shape index (κ1) is 12.3. The van der Waals surface area contributed by atoms with Crippen molar-refractivity contribution in [3.63, 3.8) is 0 Å². The lowest BCUT2D eigenvalue weighted by Crippen LogP contribution is -2.14. The maximum absolute atomic E-state index is 11.1. The average molecular weight is 230 g/mol. The highest BCUT2D eigenvalue weighted by atomic mass is 16.1. The molecular weight excluding hydrogens is 208 g/mol. The molecule has 1 aromatic carbocycles. The van der Waals surface area contributed by atoms with E-state index in [2.05, 4.69) is 19.9 Å². The summed E-state index contributed by atoms with van der Waals surface area (Å²) < 4.78 is 0. The SMILES string of the molecule is CCc1c(C=O)cccc1C1CCCC(C)C1. The molecule has 0 aliphatic heterocycles. The van der Waals surface area contributed by atoms with Gasteiger partial charge < -0.3 is 0 Å². The van der Waals surface area contributed by atoms with Gasteiger partial charge in [0.15, 0.2) is 0 Å². The molecule has 1 saturated carbocycles. The van der Waals surface area contributed by atoms with Crippen molar-refractivity contribution in [3.8, 4) is 0 Å². The van der Waals surface area contributed by atoms with Crippen molar-refractivity contribution in [2.45, 2.75) is 51.9 Å². The van der Waals surface area contributed by atoms with Crippen LogP contribution in [0.15, 0.2) is 18.2 Å². The molecule has 0 aromatic heterocycles. The minimum atomic E-state index is 0.675. The van der Waals surface area contributed by atoms with Gasteiger partial charge in [0.25, 0.3) is 0 Å². The Balaban J connectivity index is 2.33. The van der Waals surface area contributed by atoms with Gasteiger partial charge in [0.1, 0.15) is 6.29 Å². The Morgan fingerprint density at radius 1 is 1.35 bits per heavy atom. The molecule has 0 amide bonds. The number of hydrogen-bond donors (Lipinski definition) is 0. The van der Waals surface area contributed by atoms with Crippen LogP contribution in [0.5, 0.6) is 0 Å². The fraction of sp³-hybridized carbons (Fsp3) is 0.562. The number of aldehydes is 1. The minimum Gasteiger partial charge on any atom is -0.298 e. The van der Waals surface area contributed by atoms with Crippen LogP contribution in [-0.2, 0) is 6.42 Å². The molecule has 0 heterocycles. The summed E-state index contributed by atoms with van der Waals surface area (Å²) in [5.41, 5.74) is 3.61. The van der Waals surface area contributed by atoms with E-state index in [1.807, 2.05) is 12.1 Å². The van der Waals surface area contributed by atoms with Crippen molar-refractivity contribution in [3.05, 3.63) is 34.9 Å². The maximum atomic E-state index is 11.1. The summed E-state index contributed by atoms with van der Waals surface area (Å²) in [6.45, 7) is 4.50. The molecule has 1 fully saturated rings. The van der Waals surface area contributed by atoms with Crippen molar-refractivity contribution < 1.29 is 4.79 Å². The monoisotopic (exact) mass is 230 g/mol. The topological polar surface area (TPSA) is 17.1 Å². The van der Waals surface area contributed by atoms with Crippen LogP contribution in [0, 0.1) is 5.92 Å². The van der Waals surface area contributed by atoms with Crippen molar-refractivity contribution in [2.24, 2.45) is 5.92 Å². The summed E-state index contributed by atoms with van der Waals surface area (Å²) in [6, 6.07) is 6.22. The summed E-state index contributed by atoms with van der Waals surface area (Å²) in [5, 5.41) is 0. The van der Waals surface area contributed by atoms with Gasteiger partial charge in [-0.25, -0.2) is 0 Å². The predicted octanol–water partition coefficient (Wildman–Crippen LogP) is 4.36. The summed E-state index contributed by atoms with van der Waals surface area (Å²) in [5.74, 6) is 1.51. The van der Waals surface area contributed by atoms with E-state index in [1.54, 1.807) is 0 Å². The third kappa shape index (κ3) is 2.59. The summed E-state index contributed by atoms with van der Waals surface area (Å²) >= 11 is 0. The van der Waals surface area contributed by atoms with Gasteiger partial charge in [0, 0.05) is 5.56 Å². The fourth-order valence-electron chi connectivity index (χ4n) is 3.24. The zero-order chi connectivity index (χ0) is 12.3. The Bertz CT molecular complexity index is 395. The molecule has 1 aliphatic rings. The number of hydrogen-bond acceptors (Lipinski definition) is 1. The number of rotatable bonds is 3. The molecule has 92 valence electrons. The second-order valence-corrected chi connectivity index (χ2v) is 5.36. The van der Waals surface area contributed by atoms with E-state index >= 15 is 0 Å². The van der Waals surface area contributed by atoms with Crippen molar-refractivity contribution in [1.82, 2.24) is 0 Å². The smallest absolute Gasteiger partial charge is 0.150 e. The Labute approximate surface area is 104 Å². The van der Waals surface area contributed by atoms with E-state index in [-0.39, 0.29) is 0 Å². The third-order valence-corrected chi connectivity index (χ3v) is 4.11. The molecule has 17 heavy (non-hydrogen) atoms. The van der Waals surface area contributed by atoms with E-state index in [0.29, 0.717) is 5.92 Å². The van der Waals surface area contributed by atoms with Crippen molar-refractivity contribution >= 4 is 6.29 Å². The highest BCUT2D eigenvalue weighted by molar-refractivity contribution is 5.78. The van der Waals surface area contributed by atoms with Gasteiger partial charge in [-0.1, -0.05) is 44.9 Å². The van der Waals surface area contributed by atoms with Gasteiger partial charge in [-0.05, 0) is 42.2 Å². The molecule has 1 aliphatic carbocycles. The molecule has 0 spiro atoms. The van der Waals surface area contributed by atoms with Crippen LogP contribution in [0.3, 0.4) is 0 Å². The summed E-state index contributed by atoms with van der Waals surface area (Å²) in [6.07, 6.45) is 7.25. The van der Waals surface area contributed by atoms with Crippen LogP contribution in [0.1, 0.15) is 66.9 Å². The van der Waals surface area contributed by atoms with Gasteiger partial charge >= 0.3 is 0 Å². The Morgan fingerprint density at radius 2 is 2.18 bits per heavy atom. The van der Waals surface area contributed by atoms with Crippen LogP contribution in [0.4, 0.5) is 0 Å². The molecule has 0 radical (unpaired) electrons. The van der Waals surface area contributed by atoms with E-state index in [0.717, 1.165) is 24.2 Å². The lowest BCUT2D eigenvalue weighted by Gasteiger charge is -2.29. The van der Waals surface area contributed by atoms with Crippen LogP contribution < -0.4 is 0 Å². The maximum Gasteiger partial charge on any atom is 0.150 e. The van der Waals surface area contributed by atoms with Crippen molar-refractivity contribution in [1.29, 1.82) is 0 Å². The average Bonchev–Trinajstić information content (AvgIpc) is 2.37. The van der Waals surface area contributed by atoms with Gasteiger partial charge in [-0.2, -0.15) is 0 Å². The Morgan fingerprint density at radius 3 is 2.82 bits per heavy atom. The Kier molecular flexibility index (Phi) is 3.98. The molecule has 2 atom stereocenters. The lowest BCUT2D eigenvalue weighted by atomic mass is 9.76. The quantitative estimate of drug-likeness (QED) is 0.705. The van der Waals surface area contributed by atoms with E-state index < -0.39 is 0 Å². The standard InChI is InChI=1S/C16H22O/c1-3-15-14(11-17)8-5-9-16(15)13-7-4-6-12(2)10-13/h5,8-9,11-13H,3-4,6-7,10H2,1-2H3. The molecule has 0 saturated heterocycles. The van der Waals surface area contributed by atoms with Crippen LogP contribution in [-0.4, -0.2) is 6.29 Å². The predicted molar refractivity (Wildman–Crippen MR) is 71.6 cm³/mol. The first-order valence-corrected chi connectivity index (χ1v) is 6.83. The molecule has 0 N–H and O–H groups in total. The van der Waals surface area contributed by atoms with Crippen LogP contribution in [0.25, 0.3) is 0 Å². The van der Waals surface area contributed by atoms with E-state index in [9.17, 15) is 4.79 Å². The second kappa shape index (κ2) is 5.48. The van der Waals surface area contributed by atoms with Crippen LogP contribution in [0.2, 0.25) is 0 Å². The summed E-state index contributed by atoms with van der Waals surface area (Å²) in [4.78, 5) is 11.1. The lowest BCUT2D eigenvalue weighted by molar-refractivity contribution is 0.112. The first-order chi connectivity index (χ1) is 8.26. The number of carbonyl (C=O) groups excluding carboxylic acids is 1. The molecule has 1 aromatic rings. The molecule has 1 nitrogen and oxygen atoms in total. The summed E-state index contributed by atoms with van der Waals surface area (Å²) in [7, 11) is 0. The van der Waals surface area contributed by atoms with Gasteiger partial charge in [0.2, 0.25) is 0 Å². The van der Waals surface area contributed by atoms with Crippen molar-refractivity contribution in [2.75, 3.05) is 0 Å². The van der Waals surface area contributed by atoms with Gasteiger partial charge in [-0.15, -0.1) is 0 Å². The van der Waals surface area contributed by atoms with Gasteiger partial charge in [0.05, 0.1) is 0 Å². The zero-order valence-corrected chi connectivity index (χ0v) is 10.9. The minimum absolute atomic E-state index is 0.675.